The van der Waals surface area contributed by atoms with Crippen LogP contribution in [0.15, 0.2) is 6.20 Å². The number of ether oxygens (including phenoxy) is 1. The Bertz CT molecular complexity index is 272. The topological polar surface area (TPSA) is 66.0 Å². The fourth-order valence-corrected chi connectivity index (χ4v) is 1.31. The van der Waals surface area contributed by atoms with Gasteiger partial charge in [0, 0.05) is 13.7 Å². The van der Waals surface area contributed by atoms with E-state index < -0.39 is 0 Å². The third-order valence-electron chi connectivity index (χ3n) is 1.91. The largest absolute Gasteiger partial charge is 0.383 e. The van der Waals surface area contributed by atoms with Crippen molar-refractivity contribution < 1.29 is 4.74 Å². The Morgan fingerprint density at radius 2 is 2.29 bits per heavy atom. The van der Waals surface area contributed by atoms with Gasteiger partial charge in [-0.3, -0.25) is 0 Å². The molecule has 5 heteroatoms. The van der Waals surface area contributed by atoms with Crippen LogP contribution in [0.4, 0.5) is 0 Å². The van der Waals surface area contributed by atoms with Crippen molar-refractivity contribution in [1.29, 1.82) is 0 Å². The minimum absolute atomic E-state index is 0.145. The summed E-state index contributed by atoms with van der Waals surface area (Å²) < 4.78 is 6.84. The lowest BCUT2D eigenvalue weighted by Crippen LogP contribution is -2.21. The fourth-order valence-electron chi connectivity index (χ4n) is 1.31. The summed E-state index contributed by atoms with van der Waals surface area (Å²) in [4.78, 5) is 0. The molecule has 0 aliphatic heterocycles. The number of hydrogen-bond donors (Lipinski definition) is 1. The molecule has 0 radical (unpaired) electrons. The van der Waals surface area contributed by atoms with Crippen LogP contribution in [0, 0.1) is 5.92 Å². The summed E-state index contributed by atoms with van der Waals surface area (Å²) in [6.07, 6.45) is 1.70. The van der Waals surface area contributed by atoms with Gasteiger partial charge in [0.25, 0.3) is 0 Å². The van der Waals surface area contributed by atoms with E-state index in [1.807, 2.05) is 4.68 Å². The second kappa shape index (κ2) is 5.07. The SMILES string of the molecule is COC[C@H](N)c1cnnn1CC(C)C. The molecule has 0 bridgehead atoms. The first-order chi connectivity index (χ1) is 6.65. The van der Waals surface area contributed by atoms with E-state index in [0.717, 1.165) is 12.2 Å². The van der Waals surface area contributed by atoms with E-state index in [1.165, 1.54) is 0 Å². The predicted octanol–water partition coefficient (Wildman–Crippen LogP) is 0.580. The summed E-state index contributed by atoms with van der Waals surface area (Å²) in [5.74, 6) is 0.533. The highest BCUT2D eigenvalue weighted by atomic mass is 16.5. The Morgan fingerprint density at radius 1 is 1.57 bits per heavy atom. The second-order valence-electron chi connectivity index (χ2n) is 3.80. The van der Waals surface area contributed by atoms with Crippen molar-refractivity contribution in [2.45, 2.75) is 26.4 Å². The zero-order valence-corrected chi connectivity index (χ0v) is 8.97. The maximum atomic E-state index is 5.90. The number of hydrogen-bond acceptors (Lipinski definition) is 4. The Kier molecular flexibility index (Phi) is 4.03. The van der Waals surface area contributed by atoms with Gasteiger partial charge in [0.2, 0.25) is 0 Å². The molecule has 0 spiro atoms. The van der Waals surface area contributed by atoms with Crippen molar-refractivity contribution in [3.8, 4) is 0 Å². The van der Waals surface area contributed by atoms with Crippen LogP contribution in [0.2, 0.25) is 0 Å². The monoisotopic (exact) mass is 198 g/mol. The first kappa shape index (κ1) is 11.1. The third kappa shape index (κ3) is 2.78. The van der Waals surface area contributed by atoms with E-state index in [1.54, 1.807) is 13.3 Å². The minimum Gasteiger partial charge on any atom is -0.383 e. The molecule has 14 heavy (non-hydrogen) atoms. The molecule has 0 unspecified atom stereocenters. The van der Waals surface area contributed by atoms with Gasteiger partial charge in [0.05, 0.1) is 24.5 Å². The molecule has 5 nitrogen and oxygen atoms in total. The highest BCUT2D eigenvalue weighted by Gasteiger charge is 2.12. The van der Waals surface area contributed by atoms with Gasteiger partial charge >= 0.3 is 0 Å². The molecule has 0 aliphatic rings. The first-order valence-corrected chi connectivity index (χ1v) is 4.78. The van der Waals surface area contributed by atoms with Crippen LogP contribution in [-0.4, -0.2) is 28.7 Å². The van der Waals surface area contributed by atoms with Crippen LogP contribution in [0.5, 0.6) is 0 Å². The minimum atomic E-state index is -0.145. The molecule has 1 aromatic heterocycles. The Morgan fingerprint density at radius 3 is 2.86 bits per heavy atom. The van der Waals surface area contributed by atoms with E-state index in [2.05, 4.69) is 24.2 Å². The molecule has 1 rings (SSSR count). The normalized spacial score (nSPS) is 13.5. The maximum Gasteiger partial charge on any atom is 0.0778 e. The lowest BCUT2D eigenvalue weighted by atomic mass is 10.2. The maximum absolute atomic E-state index is 5.90. The number of nitrogens with two attached hydrogens (primary N) is 1. The number of nitrogens with zero attached hydrogens (tertiary/aromatic N) is 3. The number of methoxy groups -OCH3 is 1. The van der Waals surface area contributed by atoms with E-state index >= 15 is 0 Å². The first-order valence-electron chi connectivity index (χ1n) is 4.78. The van der Waals surface area contributed by atoms with Crippen LogP contribution in [-0.2, 0) is 11.3 Å². The van der Waals surface area contributed by atoms with Crippen molar-refractivity contribution in [3.05, 3.63) is 11.9 Å². The van der Waals surface area contributed by atoms with E-state index in [-0.39, 0.29) is 6.04 Å². The molecule has 0 saturated heterocycles. The summed E-state index contributed by atoms with van der Waals surface area (Å²) in [5, 5.41) is 7.85. The molecule has 0 amide bonds. The average Bonchev–Trinajstić information content (AvgIpc) is 2.51. The molecule has 1 atom stereocenters. The molecule has 80 valence electrons. The van der Waals surface area contributed by atoms with Crippen molar-refractivity contribution in [2.75, 3.05) is 13.7 Å². The average molecular weight is 198 g/mol. The molecule has 0 aromatic carbocycles. The van der Waals surface area contributed by atoms with Gasteiger partial charge in [-0.15, -0.1) is 5.10 Å². The Hall–Kier alpha value is -0.940. The van der Waals surface area contributed by atoms with Crippen LogP contribution in [0.25, 0.3) is 0 Å². The van der Waals surface area contributed by atoms with Gasteiger partial charge < -0.3 is 10.5 Å². The highest BCUT2D eigenvalue weighted by molar-refractivity contribution is 5.01. The molecule has 0 saturated carbocycles. The fraction of sp³-hybridized carbons (Fsp3) is 0.778. The molecule has 1 heterocycles. The van der Waals surface area contributed by atoms with Crippen LogP contribution < -0.4 is 5.73 Å². The lowest BCUT2D eigenvalue weighted by Gasteiger charge is -2.13. The summed E-state index contributed by atoms with van der Waals surface area (Å²) in [6.45, 7) is 5.60. The van der Waals surface area contributed by atoms with Crippen LogP contribution in [0.3, 0.4) is 0 Å². The van der Waals surface area contributed by atoms with Gasteiger partial charge in [0.15, 0.2) is 0 Å². The highest BCUT2D eigenvalue weighted by Crippen LogP contribution is 2.10. The van der Waals surface area contributed by atoms with Gasteiger partial charge in [-0.2, -0.15) is 0 Å². The van der Waals surface area contributed by atoms with Gasteiger partial charge in [-0.05, 0) is 5.92 Å². The zero-order valence-electron chi connectivity index (χ0n) is 8.97. The molecule has 0 fully saturated rings. The van der Waals surface area contributed by atoms with Crippen molar-refractivity contribution >= 4 is 0 Å². The lowest BCUT2D eigenvalue weighted by molar-refractivity contribution is 0.177. The van der Waals surface area contributed by atoms with Gasteiger partial charge in [-0.25, -0.2) is 4.68 Å². The molecular weight excluding hydrogens is 180 g/mol. The predicted molar refractivity (Wildman–Crippen MR) is 53.7 cm³/mol. The van der Waals surface area contributed by atoms with Crippen molar-refractivity contribution in [2.24, 2.45) is 11.7 Å². The Labute approximate surface area is 84.2 Å². The Balaban J connectivity index is 2.70. The molecule has 0 aliphatic carbocycles. The second-order valence-corrected chi connectivity index (χ2v) is 3.80. The zero-order chi connectivity index (χ0) is 10.6. The van der Waals surface area contributed by atoms with Crippen molar-refractivity contribution in [1.82, 2.24) is 15.0 Å². The standard InChI is InChI=1S/C9H18N4O/c1-7(2)5-13-9(4-11-12-13)8(10)6-14-3/h4,7-8H,5-6,10H2,1-3H3/t8-/m0/s1. The number of aromatic nitrogens is 3. The van der Waals surface area contributed by atoms with E-state index in [4.69, 9.17) is 10.5 Å². The van der Waals surface area contributed by atoms with Gasteiger partial charge in [0.1, 0.15) is 0 Å². The van der Waals surface area contributed by atoms with E-state index in [9.17, 15) is 0 Å². The summed E-state index contributed by atoms with van der Waals surface area (Å²) in [5.41, 5.74) is 6.83. The smallest absolute Gasteiger partial charge is 0.0778 e. The van der Waals surface area contributed by atoms with E-state index in [0.29, 0.717) is 12.5 Å². The summed E-state index contributed by atoms with van der Waals surface area (Å²) >= 11 is 0. The summed E-state index contributed by atoms with van der Waals surface area (Å²) in [6, 6.07) is -0.145. The quantitative estimate of drug-likeness (QED) is 0.751. The molecule has 2 N–H and O–H groups in total. The van der Waals surface area contributed by atoms with Crippen LogP contribution >= 0.6 is 0 Å². The van der Waals surface area contributed by atoms with Crippen LogP contribution in [0.1, 0.15) is 25.6 Å². The van der Waals surface area contributed by atoms with Crippen molar-refractivity contribution in [3.63, 3.8) is 0 Å². The molecular formula is C9H18N4O. The summed E-state index contributed by atoms with van der Waals surface area (Å²) in [7, 11) is 1.64. The van der Waals surface area contributed by atoms with Gasteiger partial charge in [-0.1, -0.05) is 19.1 Å². The third-order valence-corrected chi connectivity index (χ3v) is 1.91. The molecule has 1 aromatic rings. The number of rotatable bonds is 5.